The third-order valence-corrected chi connectivity index (χ3v) is 4.10. The van der Waals surface area contributed by atoms with E-state index in [1.54, 1.807) is 7.11 Å². The number of halogens is 2. The van der Waals surface area contributed by atoms with E-state index in [0.29, 0.717) is 11.0 Å². The van der Waals surface area contributed by atoms with Crippen LogP contribution in [0.3, 0.4) is 0 Å². The summed E-state index contributed by atoms with van der Waals surface area (Å²) in [5.41, 5.74) is 1.64. The highest BCUT2D eigenvalue weighted by Gasteiger charge is 2.23. The fraction of sp³-hybridized carbons (Fsp3) is 0.333. The van der Waals surface area contributed by atoms with Gasteiger partial charge in [-0.3, -0.25) is 0 Å². The normalized spacial score (nSPS) is 11.5. The molecular weight excluding hydrogens is 340 g/mol. The molecule has 1 aromatic heterocycles. The van der Waals surface area contributed by atoms with Crippen LogP contribution in [0, 0.1) is 0 Å². The first-order valence-corrected chi connectivity index (χ1v) is 7.38. The molecule has 0 aliphatic carbocycles. The van der Waals surface area contributed by atoms with Gasteiger partial charge < -0.3 is 4.74 Å². The van der Waals surface area contributed by atoms with Crippen molar-refractivity contribution in [2.75, 3.05) is 7.11 Å². The largest absolute Gasteiger partial charge is 0.497 e. The minimum absolute atomic E-state index is 0.126. The molecule has 1 heterocycles. The van der Waals surface area contributed by atoms with E-state index >= 15 is 0 Å². The molecule has 0 N–H and O–H groups in total. The molecule has 1 aromatic carbocycles. The van der Waals surface area contributed by atoms with Crippen LogP contribution in [0.2, 0.25) is 5.15 Å². The van der Waals surface area contributed by atoms with Gasteiger partial charge in [-0.1, -0.05) is 44.5 Å². The summed E-state index contributed by atoms with van der Waals surface area (Å²) in [6.45, 7) is 6.27. The summed E-state index contributed by atoms with van der Waals surface area (Å²) in [7, 11) is 1.63. The van der Waals surface area contributed by atoms with Crippen molar-refractivity contribution in [2.24, 2.45) is 0 Å². The van der Waals surface area contributed by atoms with E-state index in [2.05, 4.69) is 46.7 Å². The minimum atomic E-state index is -0.126. The van der Waals surface area contributed by atoms with Crippen LogP contribution in [-0.4, -0.2) is 17.1 Å². The summed E-state index contributed by atoms with van der Waals surface area (Å²) < 4.78 is 5.98. The lowest BCUT2D eigenvalue weighted by atomic mass is 9.92. The molecule has 0 atom stereocenters. The fourth-order valence-electron chi connectivity index (χ4n) is 1.81. The van der Waals surface area contributed by atoms with Crippen molar-refractivity contribution < 1.29 is 4.74 Å². The van der Waals surface area contributed by atoms with E-state index in [0.717, 1.165) is 21.5 Å². The smallest absolute Gasteiger partial charge is 0.161 e. The number of nitrogens with zero attached hydrogens (tertiary/aromatic N) is 2. The summed E-state index contributed by atoms with van der Waals surface area (Å²) in [5.74, 6) is 1.37. The van der Waals surface area contributed by atoms with Crippen LogP contribution in [0.15, 0.2) is 28.7 Å². The van der Waals surface area contributed by atoms with Crippen molar-refractivity contribution in [2.45, 2.75) is 26.2 Å². The van der Waals surface area contributed by atoms with E-state index in [1.807, 2.05) is 24.3 Å². The zero-order valence-electron chi connectivity index (χ0n) is 11.9. The number of hydrogen-bond donors (Lipinski definition) is 0. The first kappa shape index (κ1) is 15.3. The quantitative estimate of drug-likeness (QED) is 0.721. The number of ether oxygens (including phenoxy) is 1. The standard InChI is InChI=1S/C15H16BrClN2O/c1-15(2,3)12-11(16)13(17)19-14(18-12)9-6-5-7-10(8-9)20-4/h5-8H,1-4H3. The maximum atomic E-state index is 6.22. The molecular formula is C15H16BrClN2O. The lowest BCUT2D eigenvalue weighted by Gasteiger charge is -2.20. The molecule has 2 aromatic rings. The SMILES string of the molecule is COc1cccc(-c2nc(Cl)c(Br)c(C(C)(C)C)n2)c1. The molecule has 0 saturated heterocycles. The predicted octanol–water partition coefficient (Wildman–Crippen LogP) is 4.87. The van der Waals surface area contributed by atoms with Crippen molar-refractivity contribution in [1.82, 2.24) is 9.97 Å². The highest BCUT2D eigenvalue weighted by molar-refractivity contribution is 9.10. The summed E-state index contributed by atoms with van der Waals surface area (Å²) in [6, 6.07) is 7.62. The number of hydrogen-bond acceptors (Lipinski definition) is 3. The monoisotopic (exact) mass is 354 g/mol. The lowest BCUT2D eigenvalue weighted by molar-refractivity contribution is 0.415. The number of methoxy groups -OCH3 is 1. The molecule has 0 fully saturated rings. The predicted molar refractivity (Wildman–Crippen MR) is 85.4 cm³/mol. The molecule has 20 heavy (non-hydrogen) atoms. The maximum absolute atomic E-state index is 6.22. The molecule has 0 aliphatic heterocycles. The minimum Gasteiger partial charge on any atom is -0.497 e. The van der Waals surface area contributed by atoms with Gasteiger partial charge in [0.15, 0.2) is 5.82 Å². The highest BCUT2D eigenvalue weighted by Crippen LogP contribution is 2.34. The Morgan fingerprint density at radius 2 is 1.90 bits per heavy atom. The van der Waals surface area contributed by atoms with Crippen molar-refractivity contribution >= 4 is 27.5 Å². The Bertz CT molecular complexity index is 638. The maximum Gasteiger partial charge on any atom is 0.161 e. The van der Waals surface area contributed by atoms with Crippen molar-refractivity contribution in [3.8, 4) is 17.1 Å². The van der Waals surface area contributed by atoms with Crippen LogP contribution in [-0.2, 0) is 5.41 Å². The Morgan fingerprint density at radius 1 is 1.20 bits per heavy atom. The zero-order valence-corrected chi connectivity index (χ0v) is 14.2. The Labute approximate surface area is 132 Å². The lowest BCUT2D eigenvalue weighted by Crippen LogP contribution is -2.16. The van der Waals surface area contributed by atoms with Gasteiger partial charge in [0.05, 0.1) is 17.3 Å². The van der Waals surface area contributed by atoms with Gasteiger partial charge >= 0.3 is 0 Å². The van der Waals surface area contributed by atoms with Crippen LogP contribution in [0.4, 0.5) is 0 Å². The molecule has 0 bridgehead atoms. The van der Waals surface area contributed by atoms with E-state index in [9.17, 15) is 0 Å². The number of rotatable bonds is 2. The molecule has 0 spiro atoms. The molecule has 0 radical (unpaired) electrons. The fourth-order valence-corrected chi connectivity index (χ4v) is 2.75. The van der Waals surface area contributed by atoms with Crippen LogP contribution in [0.1, 0.15) is 26.5 Å². The topological polar surface area (TPSA) is 35.0 Å². The molecule has 5 heteroatoms. The summed E-state index contributed by atoms with van der Waals surface area (Å²) in [4.78, 5) is 9.00. The Balaban J connectivity index is 2.60. The van der Waals surface area contributed by atoms with Gasteiger partial charge in [-0.05, 0) is 28.1 Å². The van der Waals surface area contributed by atoms with Crippen molar-refractivity contribution in [1.29, 1.82) is 0 Å². The molecule has 0 saturated carbocycles. The van der Waals surface area contributed by atoms with Crippen LogP contribution < -0.4 is 4.74 Å². The molecule has 0 aliphatic rings. The van der Waals surface area contributed by atoms with E-state index in [4.69, 9.17) is 16.3 Å². The van der Waals surface area contributed by atoms with Gasteiger partial charge in [0.1, 0.15) is 10.9 Å². The summed E-state index contributed by atoms with van der Waals surface area (Å²) >= 11 is 9.69. The van der Waals surface area contributed by atoms with Crippen LogP contribution in [0.5, 0.6) is 5.75 Å². The Morgan fingerprint density at radius 3 is 2.50 bits per heavy atom. The molecule has 2 rings (SSSR count). The Hall–Kier alpha value is -1.13. The zero-order chi connectivity index (χ0) is 14.9. The third kappa shape index (κ3) is 3.13. The second-order valence-electron chi connectivity index (χ2n) is 5.48. The summed E-state index contributed by atoms with van der Waals surface area (Å²) in [5, 5.41) is 0.419. The van der Waals surface area contributed by atoms with Gasteiger partial charge in [0, 0.05) is 11.0 Å². The average molecular weight is 356 g/mol. The molecule has 0 amide bonds. The average Bonchev–Trinajstić information content (AvgIpc) is 2.40. The van der Waals surface area contributed by atoms with Gasteiger partial charge in [0.2, 0.25) is 0 Å². The van der Waals surface area contributed by atoms with Crippen molar-refractivity contribution in [3.05, 3.63) is 39.6 Å². The van der Waals surface area contributed by atoms with Crippen LogP contribution in [0.25, 0.3) is 11.4 Å². The van der Waals surface area contributed by atoms with E-state index in [1.165, 1.54) is 0 Å². The molecule has 0 unspecified atom stereocenters. The highest BCUT2D eigenvalue weighted by atomic mass is 79.9. The van der Waals surface area contributed by atoms with Gasteiger partial charge in [0.25, 0.3) is 0 Å². The number of aromatic nitrogens is 2. The summed E-state index contributed by atoms with van der Waals surface area (Å²) in [6.07, 6.45) is 0. The molecule has 3 nitrogen and oxygen atoms in total. The van der Waals surface area contributed by atoms with Crippen molar-refractivity contribution in [3.63, 3.8) is 0 Å². The van der Waals surface area contributed by atoms with Crippen LogP contribution >= 0.6 is 27.5 Å². The van der Waals surface area contributed by atoms with Gasteiger partial charge in [-0.2, -0.15) is 0 Å². The van der Waals surface area contributed by atoms with Gasteiger partial charge in [-0.15, -0.1) is 0 Å². The number of benzene rings is 1. The van der Waals surface area contributed by atoms with Gasteiger partial charge in [-0.25, -0.2) is 9.97 Å². The second-order valence-corrected chi connectivity index (χ2v) is 6.63. The Kier molecular flexibility index (Phi) is 4.35. The van der Waals surface area contributed by atoms with E-state index < -0.39 is 0 Å². The molecule has 106 valence electrons. The first-order valence-electron chi connectivity index (χ1n) is 6.21. The third-order valence-electron chi connectivity index (χ3n) is 2.85. The first-order chi connectivity index (χ1) is 9.32. The van der Waals surface area contributed by atoms with E-state index in [-0.39, 0.29) is 5.41 Å². The second kappa shape index (κ2) is 5.70.